The van der Waals surface area contributed by atoms with Crippen molar-refractivity contribution in [3.8, 4) is 11.1 Å². The Hall–Kier alpha value is -2.68. The number of aromatic nitrogens is 1. The Morgan fingerprint density at radius 1 is 0.947 bits per heavy atom. The predicted octanol–water partition coefficient (Wildman–Crippen LogP) is 3.00. The first kappa shape index (κ1) is 11.4. The summed E-state index contributed by atoms with van der Waals surface area (Å²) in [5.74, 6) is -0.421. The quantitative estimate of drug-likeness (QED) is 0.758. The molecule has 0 fully saturated rings. The summed E-state index contributed by atoms with van der Waals surface area (Å²) < 4.78 is 0. The normalized spacial score (nSPS) is 10.5. The number of hydrogen-bond acceptors (Lipinski definition) is 2. The number of rotatable bonds is 2. The van der Waals surface area contributed by atoms with E-state index in [2.05, 4.69) is 11.1 Å². The third-order valence-electron chi connectivity index (χ3n) is 3.07. The largest absolute Gasteiger partial charge is 0.366 e. The number of fused-ring (bicyclic) bond motifs is 1. The van der Waals surface area contributed by atoms with Crippen LogP contribution in [0.1, 0.15) is 10.4 Å². The predicted molar refractivity (Wildman–Crippen MR) is 75.7 cm³/mol. The van der Waals surface area contributed by atoms with Crippen molar-refractivity contribution in [1.82, 2.24) is 4.98 Å². The number of pyridine rings is 1. The summed E-state index contributed by atoms with van der Waals surface area (Å²) in [4.78, 5) is 15.6. The van der Waals surface area contributed by atoms with E-state index >= 15 is 0 Å². The molecule has 0 atom stereocenters. The number of hydrogen-bond donors (Lipinski definition) is 1. The summed E-state index contributed by atoms with van der Waals surface area (Å²) in [5.41, 5.74) is 8.67. The van der Waals surface area contributed by atoms with Crippen molar-refractivity contribution in [3.05, 3.63) is 66.4 Å². The molecule has 1 aromatic heterocycles. The number of nitrogens with zero attached hydrogens (tertiary/aromatic N) is 1. The molecule has 0 unspecified atom stereocenters. The lowest BCUT2D eigenvalue weighted by Gasteiger charge is -2.04. The summed E-state index contributed by atoms with van der Waals surface area (Å²) in [6.45, 7) is 0. The van der Waals surface area contributed by atoms with Gasteiger partial charge in [0.25, 0.3) is 0 Å². The number of nitrogens with two attached hydrogens (primary N) is 1. The van der Waals surface area contributed by atoms with Gasteiger partial charge in [-0.1, -0.05) is 30.3 Å². The maximum Gasteiger partial charge on any atom is 0.248 e. The van der Waals surface area contributed by atoms with Crippen molar-refractivity contribution < 1.29 is 4.79 Å². The SMILES string of the molecule is NC(=O)c1cccc(-c2cnc3ccccc3c2)c1. The van der Waals surface area contributed by atoms with Crippen molar-refractivity contribution in [2.24, 2.45) is 5.73 Å². The smallest absolute Gasteiger partial charge is 0.248 e. The summed E-state index contributed by atoms with van der Waals surface area (Å²) in [7, 11) is 0. The van der Waals surface area contributed by atoms with Crippen molar-refractivity contribution >= 4 is 16.8 Å². The second kappa shape index (κ2) is 4.53. The fraction of sp³-hybridized carbons (Fsp3) is 0. The maximum absolute atomic E-state index is 11.2. The van der Waals surface area contributed by atoms with E-state index in [1.807, 2.05) is 42.6 Å². The summed E-state index contributed by atoms with van der Waals surface area (Å²) in [6, 6.07) is 17.2. The van der Waals surface area contributed by atoms with Gasteiger partial charge in [0.05, 0.1) is 5.52 Å². The van der Waals surface area contributed by atoms with Gasteiger partial charge in [0.15, 0.2) is 0 Å². The van der Waals surface area contributed by atoms with Crippen LogP contribution in [0.2, 0.25) is 0 Å². The minimum atomic E-state index is -0.421. The van der Waals surface area contributed by atoms with Crippen LogP contribution in [0.5, 0.6) is 0 Å². The van der Waals surface area contributed by atoms with Gasteiger partial charge in [0.2, 0.25) is 5.91 Å². The molecule has 2 aromatic carbocycles. The second-order valence-electron chi connectivity index (χ2n) is 4.36. The molecular formula is C16H12N2O. The fourth-order valence-electron chi connectivity index (χ4n) is 2.08. The average molecular weight is 248 g/mol. The van der Waals surface area contributed by atoms with E-state index in [1.54, 1.807) is 12.1 Å². The summed E-state index contributed by atoms with van der Waals surface area (Å²) >= 11 is 0. The average Bonchev–Trinajstić information content (AvgIpc) is 2.47. The number of amides is 1. The van der Waals surface area contributed by atoms with E-state index in [1.165, 1.54) is 0 Å². The number of primary amides is 1. The number of carbonyl (C=O) groups is 1. The zero-order valence-electron chi connectivity index (χ0n) is 10.2. The van der Waals surface area contributed by atoms with Gasteiger partial charge in [-0.3, -0.25) is 9.78 Å². The Bertz CT molecular complexity index is 765. The van der Waals surface area contributed by atoms with Gasteiger partial charge < -0.3 is 5.73 Å². The molecule has 0 saturated carbocycles. The molecule has 3 heteroatoms. The van der Waals surface area contributed by atoms with Gasteiger partial charge >= 0.3 is 0 Å². The summed E-state index contributed by atoms with van der Waals surface area (Å²) in [6.07, 6.45) is 1.81. The van der Waals surface area contributed by atoms with E-state index in [0.717, 1.165) is 22.0 Å². The molecule has 3 aromatic rings. The van der Waals surface area contributed by atoms with Crippen molar-refractivity contribution in [1.29, 1.82) is 0 Å². The lowest BCUT2D eigenvalue weighted by atomic mass is 10.0. The Morgan fingerprint density at radius 2 is 1.79 bits per heavy atom. The Morgan fingerprint density at radius 3 is 2.63 bits per heavy atom. The topological polar surface area (TPSA) is 56.0 Å². The van der Waals surface area contributed by atoms with E-state index in [0.29, 0.717) is 5.56 Å². The highest BCUT2D eigenvalue weighted by molar-refractivity contribution is 5.94. The zero-order chi connectivity index (χ0) is 13.2. The minimum absolute atomic E-state index is 0.421. The molecule has 1 amide bonds. The first-order chi connectivity index (χ1) is 9.24. The highest BCUT2D eigenvalue weighted by Gasteiger charge is 2.04. The highest BCUT2D eigenvalue weighted by atomic mass is 16.1. The standard InChI is InChI=1S/C16H12N2O/c17-16(19)13-6-3-5-11(8-13)14-9-12-4-1-2-7-15(12)18-10-14/h1-10H,(H2,17,19). The number of para-hydroxylation sites is 1. The molecule has 1 heterocycles. The van der Waals surface area contributed by atoms with Gasteiger partial charge in [0, 0.05) is 22.7 Å². The first-order valence-electron chi connectivity index (χ1n) is 5.99. The van der Waals surface area contributed by atoms with Gasteiger partial charge in [-0.2, -0.15) is 0 Å². The molecule has 19 heavy (non-hydrogen) atoms. The van der Waals surface area contributed by atoms with Crippen molar-refractivity contribution in [3.63, 3.8) is 0 Å². The molecule has 0 saturated heterocycles. The second-order valence-corrected chi connectivity index (χ2v) is 4.36. The molecule has 0 radical (unpaired) electrons. The molecule has 3 rings (SSSR count). The monoisotopic (exact) mass is 248 g/mol. The molecular weight excluding hydrogens is 236 g/mol. The molecule has 0 aliphatic carbocycles. The third-order valence-corrected chi connectivity index (χ3v) is 3.07. The molecule has 0 aliphatic rings. The van der Waals surface area contributed by atoms with Crippen LogP contribution in [-0.2, 0) is 0 Å². The van der Waals surface area contributed by atoms with Crippen LogP contribution in [0.3, 0.4) is 0 Å². The lowest BCUT2D eigenvalue weighted by Crippen LogP contribution is -2.10. The maximum atomic E-state index is 11.2. The van der Waals surface area contributed by atoms with Crippen molar-refractivity contribution in [2.75, 3.05) is 0 Å². The molecule has 92 valence electrons. The summed E-state index contributed by atoms with van der Waals surface area (Å²) in [5, 5.41) is 1.07. The minimum Gasteiger partial charge on any atom is -0.366 e. The first-order valence-corrected chi connectivity index (χ1v) is 5.99. The van der Waals surface area contributed by atoms with Crippen LogP contribution in [0.25, 0.3) is 22.0 Å². The number of benzene rings is 2. The molecule has 0 bridgehead atoms. The zero-order valence-corrected chi connectivity index (χ0v) is 10.2. The molecule has 0 spiro atoms. The van der Waals surface area contributed by atoms with Crippen LogP contribution in [-0.4, -0.2) is 10.9 Å². The van der Waals surface area contributed by atoms with Gasteiger partial charge in [-0.15, -0.1) is 0 Å². The van der Waals surface area contributed by atoms with E-state index in [-0.39, 0.29) is 0 Å². The third kappa shape index (κ3) is 2.18. The highest BCUT2D eigenvalue weighted by Crippen LogP contribution is 2.23. The van der Waals surface area contributed by atoms with Gasteiger partial charge in [0.1, 0.15) is 0 Å². The van der Waals surface area contributed by atoms with E-state index in [9.17, 15) is 4.79 Å². The van der Waals surface area contributed by atoms with Crippen LogP contribution < -0.4 is 5.73 Å². The number of carbonyl (C=O) groups excluding carboxylic acids is 1. The van der Waals surface area contributed by atoms with Crippen LogP contribution in [0.4, 0.5) is 0 Å². The van der Waals surface area contributed by atoms with Gasteiger partial charge in [-0.05, 0) is 29.8 Å². The van der Waals surface area contributed by atoms with E-state index < -0.39 is 5.91 Å². The molecule has 0 aliphatic heterocycles. The Labute approximate surface area is 110 Å². The Kier molecular flexibility index (Phi) is 2.72. The van der Waals surface area contributed by atoms with Crippen LogP contribution in [0, 0.1) is 0 Å². The molecule has 3 nitrogen and oxygen atoms in total. The Balaban J connectivity index is 2.13. The molecule has 2 N–H and O–H groups in total. The van der Waals surface area contributed by atoms with Gasteiger partial charge in [-0.25, -0.2) is 0 Å². The lowest BCUT2D eigenvalue weighted by molar-refractivity contribution is 0.100. The fourth-order valence-corrected chi connectivity index (χ4v) is 2.08. The van der Waals surface area contributed by atoms with E-state index in [4.69, 9.17) is 5.73 Å². The van der Waals surface area contributed by atoms with Crippen LogP contribution >= 0.6 is 0 Å². The van der Waals surface area contributed by atoms with Crippen molar-refractivity contribution in [2.45, 2.75) is 0 Å². The van der Waals surface area contributed by atoms with Crippen LogP contribution in [0.15, 0.2) is 60.8 Å².